The molecule has 0 fully saturated rings. The molecule has 1 amide bonds. The summed E-state index contributed by atoms with van der Waals surface area (Å²) in [5, 5.41) is 0. The van der Waals surface area contributed by atoms with E-state index in [-0.39, 0.29) is 0 Å². The Morgan fingerprint density at radius 2 is 1.84 bits per heavy atom. The number of carbonyl (C=O) groups excluding carboxylic acids is 1. The summed E-state index contributed by atoms with van der Waals surface area (Å²) in [7, 11) is -1.24. The molecule has 0 saturated carbocycles. The lowest BCUT2D eigenvalue weighted by Crippen LogP contribution is -2.11. The molecule has 0 aliphatic rings. The number of anilines is 1. The molecule has 0 bridgehead atoms. The molecule has 2 rings (SSSR count). The number of carbonyl (C=O) groups is 1. The highest BCUT2D eigenvalue weighted by Crippen LogP contribution is 2.19. The van der Waals surface area contributed by atoms with Crippen LogP contribution in [0, 0.1) is 0 Å². The Balaban J connectivity index is 2.22. The molecule has 2 aromatic carbocycles. The van der Waals surface area contributed by atoms with E-state index in [1.165, 1.54) is 0 Å². The Labute approximate surface area is 113 Å². The first kappa shape index (κ1) is 13.3. The summed E-state index contributed by atoms with van der Waals surface area (Å²) in [6.07, 6.45) is 0. The van der Waals surface area contributed by atoms with E-state index in [1.807, 2.05) is 6.07 Å². The monoisotopic (exact) mass is 274 g/mol. The van der Waals surface area contributed by atoms with Gasteiger partial charge in [0.2, 0.25) is 5.91 Å². The molecule has 0 aliphatic heterocycles. The summed E-state index contributed by atoms with van der Waals surface area (Å²) in [6, 6.07) is 13.9. The standard InChI is InChI=1S/C14H14N2O2S/c15-12-6-1-2-7-13(12)19(18)9-10-4-3-5-11(8-10)14(16)17/h1-8H,9,15H2,(H2,16,17). The molecule has 0 aliphatic carbocycles. The van der Waals surface area contributed by atoms with E-state index in [0.717, 1.165) is 5.56 Å². The van der Waals surface area contributed by atoms with Gasteiger partial charge in [-0.25, -0.2) is 0 Å². The molecular formula is C14H14N2O2S. The highest BCUT2D eigenvalue weighted by molar-refractivity contribution is 7.84. The number of amides is 1. The van der Waals surface area contributed by atoms with Crippen LogP contribution >= 0.6 is 0 Å². The van der Waals surface area contributed by atoms with Crippen molar-refractivity contribution >= 4 is 22.4 Å². The Bertz CT molecular complexity index is 641. The summed E-state index contributed by atoms with van der Waals surface area (Å²) in [5.74, 6) is -0.193. The molecule has 0 aromatic heterocycles. The second kappa shape index (κ2) is 5.67. The molecule has 1 unspecified atom stereocenters. The minimum absolute atomic E-state index is 0.301. The van der Waals surface area contributed by atoms with Crippen molar-refractivity contribution in [1.82, 2.24) is 0 Å². The van der Waals surface area contributed by atoms with E-state index in [0.29, 0.717) is 21.9 Å². The van der Waals surface area contributed by atoms with Crippen molar-refractivity contribution in [1.29, 1.82) is 0 Å². The second-order valence-electron chi connectivity index (χ2n) is 4.09. The van der Waals surface area contributed by atoms with Gasteiger partial charge in [-0.1, -0.05) is 24.3 Å². The molecule has 98 valence electrons. The van der Waals surface area contributed by atoms with Crippen molar-refractivity contribution in [2.45, 2.75) is 10.6 Å². The number of hydrogen-bond donors (Lipinski definition) is 2. The van der Waals surface area contributed by atoms with Crippen LogP contribution in [-0.2, 0) is 16.6 Å². The zero-order chi connectivity index (χ0) is 13.8. The van der Waals surface area contributed by atoms with Crippen LogP contribution in [0.15, 0.2) is 53.4 Å². The van der Waals surface area contributed by atoms with Crippen molar-refractivity contribution in [3.8, 4) is 0 Å². The van der Waals surface area contributed by atoms with E-state index in [4.69, 9.17) is 11.5 Å². The Morgan fingerprint density at radius 3 is 2.53 bits per heavy atom. The fourth-order valence-electron chi connectivity index (χ4n) is 1.73. The van der Waals surface area contributed by atoms with Gasteiger partial charge in [-0.15, -0.1) is 0 Å². The third-order valence-electron chi connectivity index (χ3n) is 2.67. The van der Waals surface area contributed by atoms with Crippen LogP contribution < -0.4 is 11.5 Å². The number of para-hydroxylation sites is 1. The minimum Gasteiger partial charge on any atom is -0.398 e. The van der Waals surface area contributed by atoms with Crippen LogP contribution in [0.5, 0.6) is 0 Å². The SMILES string of the molecule is NC(=O)c1cccc(CS(=O)c2ccccc2N)c1. The van der Waals surface area contributed by atoms with Crippen LogP contribution in [0.1, 0.15) is 15.9 Å². The maximum atomic E-state index is 12.2. The molecular weight excluding hydrogens is 260 g/mol. The quantitative estimate of drug-likeness (QED) is 0.832. The highest BCUT2D eigenvalue weighted by atomic mass is 32.2. The van der Waals surface area contributed by atoms with Gasteiger partial charge in [0, 0.05) is 11.3 Å². The molecule has 19 heavy (non-hydrogen) atoms. The average molecular weight is 274 g/mol. The van der Waals surface area contributed by atoms with E-state index in [1.54, 1.807) is 42.5 Å². The molecule has 4 N–H and O–H groups in total. The topological polar surface area (TPSA) is 86.2 Å². The summed E-state index contributed by atoms with van der Waals surface area (Å²) in [5.41, 5.74) is 12.7. The van der Waals surface area contributed by atoms with Crippen molar-refractivity contribution in [2.75, 3.05) is 5.73 Å². The number of primary amides is 1. The maximum absolute atomic E-state index is 12.2. The first-order valence-corrected chi connectivity index (χ1v) is 7.01. The average Bonchev–Trinajstić information content (AvgIpc) is 2.39. The molecule has 1 atom stereocenters. The zero-order valence-electron chi connectivity index (χ0n) is 10.2. The molecule has 4 nitrogen and oxygen atoms in total. The highest BCUT2D eigenvalue weighted by Gasteiger charge is 2.09. The van der Waals surface area contributed by atoms with Gasteiger partial charge >= 0.3 is 0 Å². The third-order valence-corrected chi connectivity index (χ3v) is 4.13. The van der Waals surface area contributed by atoms with Gasteiger partial charge in [0.1, 0.15) is 0 Å². The lowest BCUT2D eigenvalue weighted by Gasteiger charge is -2.06. The van der Waals surface area contributed by atoms with Crippen molar-refractivity contribution in [2.24, 2.45) is 5.73 Å². The summed E-state index contributed by atoms with van der Waals surface area (Å²) in [4.78, 5) is 11.7. The number of rotatable bonds is 4. The van der Waals surface area contributed by atoms with Gasteiger partial charge in [0.05, 0.1) is 21.4 Å². The van der Waals surface area contributed by atoms with Gasteiger partial charge in [-0.2, -0.15) is 0 Å². The third kappa shape index (κ3) is 3.20. The fraction of sp³-hybridized carbons (Fsp3) is 0.0714. The van der Waals surface area contributed by atoms with Gasteiger partial charge in [-0.3, -0.25) is 9.00 Å². The largest absolute Gasteiger partial charge is 0.398 e. The van der Waals surface area contributed by atoms with Crippen LogP contribution in [0.3, 0.4) is 0 Å². The molecule has 5 heteroatoms. The predicted octanol–water partition coefficient (Wildman–Crippen LogP) is 1.68. The predicted molar refractivity (Wildman–Crippen MR) is 75.9 cm³/mol. The first-order chi connectivity index (χ1) is 9.08. The normalized spacial score (nSPS) is 12.0. The number of benzene rings is 2. The molecule has 0 spiro atoms. The molecule has 0 radical (unpaired) electrons. The van der Waals surface area contributed by atoms with Gasteiger partial charge in [0.15, 0.2) is 0 Å². The Kier molecular flexibility index (Phi) is 3.97. The Hall–Kier alpha value is -2.14. The van der Waals surface area contributed by atoms with E-state index in [2.05, 4.69) is 0 Å². The first-order valence-electron chi connectivity index (χ1n) is 5.69. The van der Waals surface area contributed by atoms with Crippen LogP contribution in [0.2, 0.25) is 0 Å². The minimum atomic E-state index is -1.24. The van der Waals surface area contributed by atoms with Crippen molar-refractivity contribution < 1.29 is 9.00 Å². The molecule has 0 saturated heterocycles. The van der Waals surface area contributed by atoms with Gasteiger partial charge in [0.25, 0.3) is 0 Å². The van der Waals surface area contributed by atoms with E-state index >= 15 is 0 Å². The van der Waals surface area contributed by atoms with Gasteiger partial charge in [-0.05, 0) is 29.8 Å². The molecule has 2 aromatic rings. The van der Waals surface area contributed by atoms with Crippen LogP contribution in [0.4, 0.5) is 5.69 Å². The number of hydrogen-bond acceptors (Lipinski definition) is 3. The lowest BCUT2D eigenvalue weighted by molar-refractivity contribution is 0.1000. The fourth-order valence-corrected chi connectivity index (χ4v) is 2.93. The number of nitrogens with two attached hydrogens (primary N) is 2. The van der Waals surface area contributed by atoms with Crippen LogP contribution in [-0.4, -0.2) is 10.1 Å². The summed E-state index contributed by atoms with van der Waals surface area (Å²) in [6.45, 7) is 0. The summed E-state index contributed by atoms with van der Waals surface area (Å²) < 4.78 is 12.2. The molecule has 0 heterocycles. The van der Waals surface area contributed by atoms with E-state index in [9.17, 15) is 9.00 Å². The van der Waals surface area contributed by atoms with Gasteiger partial charge < -0.3 is 11.5 Å². The summed E-state index contributed by atoms with van der Waals surface area (Å²) >= 11 is 0. The number of nitrogen functional groups attached to an aromatic ring is 1. The zero-order valence-corrected chi connectivity index (χ0v) is 11.0. The van der Waals surface area contributed by atoms with E-state index < -0.39 is 16.7 Å². The maximum Gasteiger partial charge on any atom is 0.248 e. The van der Waals surface area contributed by atoms with Crippen molar-refractivity contribution in [3.63, 3.8) is 0 Å². The second-order valence-corrected chi connectivity index (χ2v) is 5.51. The Morgan fingerprint density at radius 1 is 1.11 bits per heavy atom. The van der Waals surface area contributed by atoms with Crippen LogP contribution in [0.25, 0.3) is 0 Å². The smallest absolute Gasteiger partial charge is 0.248 e. The lowest BCUT2D eigenvalue weighted by atomic mass is 10.1. The van der Waals surface area contributed by atoms with Crippen molar-refractivity contribution in [3.05, 3.63) is 59.7 Å².